The second-order valence-corrected chi connectivity index (χ2v) is 5.10. The van der Waals surface area contributed by atoms with Crippen molar-refractivity contribution in [3.63, 3.8) is 0 Å². The molecule has 0 aliphatic carbocycles. The zero-order chi connectivity index (χ0) is 16.7. The highest BCUT2D eigenvalue weighted by atomic mass is 19.3. The fourth-order valence-electron chi connectivity index (χ4n) is 1.60. The lowest BCUT2D eigenvalue weighted by Crippen LogP contribution is -2.28. The van der Waals surface area contributed by atoms with Crippen molar-refractivity contribution < 1.29 is 27.8 Å². The van der Waals surface area contributed by atoms with Gasteiger partial charge in [0, 0.05) is 18.4 Å². The van der Waals surface area contributed by atoms with Crippen molar-refractivity contribution in [1.29, 1.82) is 0 Å². The van der Waals surface area contributed by atoms with Gasteiger partial charge in [0.1, 0.15) is 6.10 Å². The van der Waals surface area contributed by atoms with E-state index in [0.29, 0.717) is 18.2 Å². The van der Waals surface area contributed by atoms with Crippen molar-refractivity contribution in [1.82, 2.24) is 0 Å². The Morgan fingerprint density at radius 3 is 2.45 bits per heavy atom. The van der Waals surface area contributed by atoms with E-state index < -0.39 is 12.7 Å². The molecule has 5 nitrogen and oxygen atoms in total. The standard InChI is InChI=1S/C15H21F2NO4/c1-9(2)8-21-10(3)14(19)18-11-5-6-12(20-4)13(7-11)22-15(16)17/h5-7,9-10,15H,8H2,1-4H3,(H,18,19)/t10-/m1/s1. The minimum atomic E-state index is -2.98. The summed E-state index contributed by atoms with van der Waals surface area (Å²) in [6.45, 7) is 3.05. The second-order valence-electron chi connectivity index (χ2n) is 5.10. The number of amides is 1. The number of anilines is 1. The van der Waals surface area contributed by atoms with Crippen LogP contribution in [-0.2, 0) is 9.53 Å². The smallest absolute Gasteiger partial charge is 0.387 e. The van der Waals surface area contributed by atoms with Gasteiger partial charge >= 0.3 is 6.61 Å². The molecular formula is C15H21F2NO4. The molecule has 0 fully saturated rings. The van der Waals surface area contributed by atoms with Gasteiger partial charge in [-0.25, -0.2) is 0 Å². The van der Waals surface area contributed by atoms with Crippen LogP contribution in [0.5, 0.6) is 11.5 Å². The number of rotatable bonds is 8. The van der Waals surface area contributed by atoms with Gasteiger partial charge in [0.15, 0.2) is 11.5 Å². The molecule has 0 saturated heterocycles. The summed E-state index contributed by atoms with van der Waals surface area (Å²) in [6.07, 6.45) is -0.649. The first-order valence-corrected chi connectivity index (χ1v) is 6.88. The molecule has 0 heterocycles. The predicted molar refractivity (Wildman–Crippen MR) is 78.5 cm³/mol. The van der Waals surface area contributed by atoms with Gasteiger partial charge in [0.05, 0.1) is 7.11 Å². The summed E-state index contributed by atoms with van der Waals surface area (Å²) in [5.74, 6) is -0.0513. The molecular weight excluding hydrogens is 296 g/mol. The van der Waals surface area contributed by atoms with E-state index in [2.05, 4.69) is 10.1 Å². The van der Waals surface area contributed by atoms with E-state index in [9.17, 15) is 13.6 Å². The lowest BCUT2D eigenvalue weighted by atomic mass is 10.2. The summed E-state index contributed by atoms with van der Waals surface area (Å²) < 4.78 is 39.4. The zero-order valence-corrected chi connectivity index (χ0v) is 13.1. The third-order valence-corrected chi connectivity index (χ3v) is 2.70. The maximum atomic E-state index is 12.4. The van der Waals surface area contributed by atoms with Crippen LogP contribution in [0.25, 0.3) is 0 Å². The lowest BCUT2D eigenvalue weighted by Gasteiger charge is -2.16. The van der Waals surface area contributed by atoms with Gasteiger partial charge in [0.25, 0.3) is 5.91 Å². The van der Waals surface area contributed by atoms with Gasteiger partial charge in [-0.2, -0.15) is 8.78 Å². The van der Waals surface area contributed by atoms with Crippen molar-refractivity contribution in [2.75, 3.05) is 19.0 Å². The van der Waals surface area contributed by atoms with Gasteiger partial charge < -0.3 is 19.5 Å². The van der Waals surface area contributed by atoms with Crippen molar-refractivity contribution in [2.45, 2.75) is 33.5 Å². The highest BCUT2D eigenvalue weighted by Gasteiger charge is 2.16. The first-order valence-electron chi connectivity index (χ1n) is 6.88. The van der Waals surface area contributed by atoms with Gasteiger partial charge in [-0.15, -0.1) is 0 Å². The molecule has 0 aromatic heterocycles. The molecule has 1 aromatic carbocycles. The van der Waals surface area contributed by atoms with E-state index in [1.165, 1.54) is 25.3 Å². The maximum absolute atomic E-state index is 12.4. The van der Waals surface area contributed by atoms with Gasteiger partial charge in [-0.1, -0.05) is 13.8 Å². The molecule has 0 aliphatic rings. The lowest BCUT2D eigenvalue weighted by molar-refractivity contribution is -0.126. The number of hydrogen-bond donors (Lipinski definition) is 1. The number of benzene rings is 1. The third-order valence-electron chi connectivity index (χ3n) is 2.70. The Bertz CT molecular complexity index is 494. The third kappa shape index (κ3) is 5.85. The van der Waals surface area contributed by atoms with Crippen LogP contribution < -0.4 is 14.8 Å². The number of ether oxygens (including phenoxy) is 3. The number of halogens is 2. The molecule has 1 amide bonds. The fraction of sp³-hybridized carbons (Fsp3) is 0.533. The average Bonchev–Trinajstić information content (AvgIpc) is 2.44. The summed E-state index contributed by atoms with van der Waals surface area (Å²) in [5, 5.41) is 2.59. The Labute approximate surface area is 128 Å². The SMILES string of the molecule is COc1ccc(NC(=O)[C@@H](C)OCC(C)C)cc1OC(F)F. The molecule has 1 N–H and O–H groups in total. The van der Waals surface area contributed by atoms with Crippen LogP contribution in [0.3, 0.4) is 0 Å². The van der Waals surface area contributed by atoms with Crippen molar-refractivity contribution in [2.24, 2.45) is 5.92 Å². The van der Waals surface area contributed by atoms with Crippen LogP contribution >= 0.6 is 0 Å². The predicted octanol–water partition coefficient (Wildman–Crippen LogP) is 3.30. The van der Waals surface area contributed by atoms with Crippen molar-refractivity contribution >= 4 is 11.6 Å². The number of methoxy groups -OCH3 is 1. The Morgan fingerprint density at radius 2 is 1.91 bits per heavy atom. The molecule has 0 unspecified atom stereocenters. The summed E-state index contributed by atoms with van der Waals surface area (Å²) in [7, 11) is 1.34. The van der Waals surface area contributed by atoms with E-state index in [-0.39, 0.29) is 17.4 Å². The molecule has 1 rings (SSSR count). The number of nitrogens with one attached hydrogen (secondary N) is 1. The Hall–Kier alpha value is -1.89. The van der Waals surface area contributed by atoms with Crippen molar-refractivity contribution in [3.8, 4) is 11.5 Å². The highest BCUT2D eigenvalue weighted by molar-refractivity contribution is 5.94. The Morgan fingerprint density at radius 1 is 1.23 bits per heavy atom. The zero-order valence-electron chi connectivity index (χ0n) is 13.1. The first-order chi connectivity index (χ1) is 10.3. The quantitative estimate of drug-likeness (QED) is 0.799. The van der Waals surface area contributed by atoms with E-state index in [4.69, 9.17) is 9.47 Å². The van der Waals surface area contributed by atoms with Crippen LogP contribution in [0.1, 0.15) is 20.8 Å². The van der Waals surface area contributed by atoms with Gasteiger partial charge in [-0.05, 0) is 25.0 Å². The van der Waals surface area contributed by atoms with E-state index in [1.54, 1.807) is 6.92 Å². The second kappa shape index (κ2) is 8.53. The summed E-state index contributed by atoms with van der Waals surface area (Å²) in [4.78, 5) is 12.0. The maximum Gasteiger partial charge on any atom is 0.387 e. The molecule has 0 spiro atoms. The van der Waals surface area contributed by atoms with Crippen LogP contribution in [0.15, 0.2) is 18.2 Å². The molecule has 22 heavy (non-hydrogen) atoms. The topological polar surface area (TPSA) is 56.8 Å². The fourth-order valence-corrected chi connectivity index (χ4v) is 1.60. The summed E-state index contributed by atoms with van der Waals surface area (Å²) in [6, 6.07) is 4.25. The van der Waals surface area contributed by atoms with E-state index >= 15 is 0 Å². The van der Waals surface area contributed by atoms with Crippen LogP contribution in [-0.4, -0.2) is 32.3 Å². The molecule has 1 aromatic rings. The molecule has 124 valence electrons. The Balaban J connectivity index is 2.74. The first kappa shape index (κ1) is 18.2. The van der Waals surface area contributed by atoms with Gasteiger partial charge in [0.2, 0.25) is 0 Å². The minimum absolute atomic E-state index is 0.147. The normalized spacial score (nSPS) is 12.4. The van der Waals surface area contributed by atoms with Crippen LogP contribution in [0.4, 0.5) is 14.5 Å². The molecule has 0 saturated carbocycles. The van der Waals surface area contributed by atoms with E-state index in [0.717, 1.165) is 0 Å². The number of carbonyl (C=O) groups excluding carboxylic acids is 1. The monoisotopic (exact) mass is 317 g/mol. The molecule has 7 heteroatoms. The van der Waals surface area contributed by atoms with Gasteiger partial charge in [-0.3, -0.25) is 4.79 Å². The number of carbonyl (C=O) groups is 1. The molecule has 1 atom stereocenters. The average molecular weight is 317 g/mol. The highest BCUT2D eigenvalue weighted by Crippen LogP contribution is 2.31. The van der Waals surface area contributed by atoms with Crippen LogP contribution in [0.2, 0.25) is 0 Å². The van der Waals surface area contributed by atoms with Crippen LogP contribution in [0, 0.1) is 5.92 Å². The minimum Gasteiger partial charge on any atom is -0.493 e. The number of alkyl halides is 2. The van der Waals surface area contributed by atoms with E-state index in [1.807, 2.05) is 13.8 Å². The molecule has 0 radical (unpaired) electrons. The largest absolute Gasteiger partial charge is 0.493 e. The molecule has 0 bridgehead atoms. The Kier molecular flexibility index (Phi) is 7.04. The summed E-state index contributed by atoms with van der Waals surface area (Å²) in [5.41, 5.74) is 0.321. The molecule has 0 aliphatic heterocycles. The van der Waals surface area contributed by atoms with Crippen molar-refractivity contribution in [3.05, 3.63) is 18.2 Å². The summed E-state index contributed by atoms with van der Waals surface area (Å²) >= 11 is 0. The number of hydrogen-bond acceptors (Lipinski definition) is 4.